The molecule has 0 aliphatic carbocycles. The summed E-state index contributed by atoms with van der Waals surface area (Å²) in [5.74, 6) is 0. The lowest BCUT2D eigenvalue weighted by Crippen LogP contribution is -1.86. The van der Waals surface area contributed by atoms with Crippen molar-refractivity contribution in [2.75, 3.05) is 0 Å². The van der Waals surface area contributed by atoms with Gasteiger partial charge in [0.15, 0.2) is 0 Å². The Balaban J connectivity index is 3.28. The maximum atomic E-state index is 5.86. The Labute approximate surface area is 82.8 Å². The van der Waals surface area contributed by atoms with Crippen LogP contribution < -0.4 is 0 Å². The van der Waals surface area contributed by atoms with Crippen molar-refractivity contribution in [3.8, 4) is 0 Å². The van der Waals surface area contributed by atoms with Gasteiger partial charge in [0.2, 0.25) is 0 Å². The van der Waals surface area contributed by atoms with Gasteiger partial charge in [-0.05, 0) is 29.7 Å². The molecular weight excluding hydrogens is 191 g/mol. The molecule has 0 amide bonds. The molecule has 64 valence electrons. The second-order valence-corrected chi connectivity index (χ2v) is 3.34. The molecule has 1 rings (SSSR count). The summed E-state index contributed by atoms with van der Waals surface area (Å²) in [4.78, 5) is 0. The van der Waals surface area contributed by atoms with E-state index in [0.717, 1.165) is 12.0 Å². The van der Waals surface area contributed by atoms with Crippen LogP contribution in [0.4, 0.5) is 0 Å². The maximum absolute atomic E-state index is 5.86. The number of hydrogen-bond donors (Lipinski definition) is 0. The summed E-state index contributed by atoms with van der Waals surface area (Å²) in [5, 5.41) is 1.20. The van der Waals surface area contributed by atoms with Crippen LogP contribution in [0.1, 0.15) is 18.1 Å². The van der Waals surface area contributed by atoms with Crippen molar-refractivity contribution in [3.63, 3.8) is 0 Å². The quantitative estimate of drug-likeness (QED) is 0.672. The van der Waals surface area contributed by atoms with Crippen molar-refractivity contribution in [1.82, 2.24) is 0 Å². The third kappa shape index (κ3) is 1.82. The molecular formula is C10H10Cl2. The van der Waals surface area contributed by atoms with E-state index in [1.807, 2.05) is 12.1 Å². The largest absolute Gasteiger partial charge is 0.0985 e. The Bertz CT molecular complexity index is 303. The Kier molecular flexibility index (Phi) is 3.19. The first kappa shape index (κ1) is 9.63. The fraction of sp³-hybridized carbons (Fsp3) is 0.200. The highest BCUT2D eigenvalue weighted by Gasteiger charge is 2.02. The lowest BCUT2D eigenvalue weighted by molar-refractivity contribution is 1.13. The van der Waals surface area contributed by atoms with Crippen LogP contribution in [0.15, 0.2) is 18.7 Å². The van der Waals surface area contributed by atoms with Crippen molar-refractivity contribution >= 4 is 29.3 Å². The number of aryl methyl sites for hydroxylation is 1. The smallest absolute Gasteiger partial charge is 0.0598 e. The Morgan fingerprint density at radius 3 is 2.42 bits per heavy atom. The zero-order chi connectivity index (χ0) is 9.14. The molecule has 2 heteroatoms. The van der Waals surface area contributed by atoms with Gasteiger partial charge in [-0.2, -0.15) is 0 Å². The molecule has 0 heterocycles. The van der Waals surface area contributed by atoms with Gasteiger partial charge in [-0.1, -0.05) is 42.8 Å². The summed E-state index contributed by atoms with van der Waals surface area (Å²) in [7, 11) is 0. The molecule has 0 atom stereocenters. The van der Waals surface area contributed by atoms with Crippen LogP contribution in [0, 0.1) is 0 Å². The highest BCUT2D eigenvalue weighted by molar-refractivity contribution is 6.42. The first-order chi connectivity index (χ1) is 5.69. The molecule has 12 heavy (non-hydrogen) atoms. The van der Waals surface area contributed by atoms with Crippen molar-refractivity contribution in [3.05, 3.63) is 39.9 Å². The molecule has 0 radical (unpaired) electrons. The van der Waals surface area contributed by atoms with E-state index in [-0.39, 0.29) is 0 Å². The van der Waals surface area contributed by atoms with Crippen LogP contribution in [-0.2, 0) is 6.42 Å². The molecule has 0 aliphatic rings. The van der Waals surface area contributed by atoms with Crippen molar-refractivity contribution in [2.24, 2.45) is 0 Å². The topological polar surface area (TPSA) is 0 Å². The van der Waals surface area contributed by atoms with Gasteiger partial charge in [-0.3, -0.25) is 0 Å². The van der Waals surface area contributed by atoms with Crippen LogP contribution in [-0.4, -0.2) is 0 Å². The van der Waals surface area contributed by atoms with Gasteiger partial charge in [0.25, 0.3) is 0 Å². The lowest BCUT2D eigenvalue weighted by Gasteiger charge is -2.04. The molecule has 0 aromatic heterocycles. The summed E-state index contributed by atoms with van der Waals surface area (Å²) in [6.07, 6.45) is 2.74. The monoisotopic (exact) mass is 200 g/mol. The average molecular weight is 201 g/mol. The van der Waals surface area contributed by atoms with Gasteiger partial charge >= 0.3 is 0 Å². The molecule has 0 nitrogen and oxygen atoms in total. The summed E-state index contributed by atoms with van der Waals surface area (Å²) in [5.41, 5.74) is 2.24. The molecule has 0 N–H and O–H groups in total. The fourth-order valence-electron chi connectivity index (χ4n) is 1.10. The molecule has 0 aliphatic heterocycles. The SMILES string of the molecule is C=Cc1cc(Cl)c(Cl)cc1CC. The predicted octanol–water partition coefficient (Wildman–Crippen LogP) is 4.20. The summed E-state index contributed by atoms with van der Waals surface area (Å²) in [6.45, 7) is 5.78. The van der Waals surface area contributed by atoms with E-state index >= 15 is 0 Å². The van der Waals surface area contributed by atoms with Crippen LogP contribution in [0.3, 0.4) is 0 Å². The van der Waals surface area contributed by atoms with E-state index in [9.17, 15) is 0 Å². The standard InChI is InChI=1S/C10H10Cl2/c1-3-7-5-9(11)10(12)6-8(7)4-2/h3,5-6H,1,4H2,2H3. The summed E-state index contributed by atoms with van der Waals surface area (Å²) in [6, 6.07) is 3.73. The van der Waals surface area contributed by atoms with Gasteiger partial charge in [0.05, 0.1) is 10.0 Å². The van der Waals surface area contributed by atoms with Crippen molar-refractivity contribution < 1.29 is 0 Å². The molecule has 0 spiro atoms. The minimum absolute atomic E-state index is 0.587. The summed E-state index contributed by atoms with van der Waals surface area (Å²) < 4.78 is 0. The number of hydrogen-bond acceptors (Lipinski definition) is 0. The van der Waals surface area contributed by atoms with E-state index in [2.05, 4.69) is 13.5 Å². The second-order valence-electron chi connectivity index (χ2n) is 2.52. The highest BCUT2D eigenvalue weighted by Crippen LogP contribution is 2.26. The molecule has 0 unspecified atom stereocenters. The zero-order valence-electron chi connectivity index (χ0n) is 6.90. The summed E-state index contributed by atoms with van der Waals surface area (Å²) >= 11 is 11.7. The van der Waals surface area contributed by atoms with E-state index in [1.165, 1.54) is 5.56 Å². The normalized spacial score (nSPS) is 9.92. The second kappa shape index (κ2) is 3.97. The molecule has 0 bridgehead atoms. The average Bonchev–Trinajstić information content (AvgIpc) is 2.09. The van der Waals surface area contributed by atoms with Gasteiger partial charge in [-0.15, -0.1) is 0 Å². The molecule has 1 aromatic carbocycles. The van der Waals surface area contributed by atoms with Crippen LogP contribution in [0.5, 0.6) is 0 Å². The predicted molar refractivity (Wildman–Crippen MR) is 55.9 cm³/mol. The number of rotatable bonds is 2. The third-order valence-electron chi connectivity index (χ3n) is 1.78. The van der Waals surface area contributed by atoms with E-state index in [1.54, 1.807) is 6.08 Å². The molecule has 0 fully saturated rings. The Morgan fingerprint density at radius 1 is 1.33 bits per heavy atom. The maximum Gasteiger partial charge on any atom is 0.0598 e. The Morgan fingerprint density at radius 2 is 1.92 bits per heavy atom. The van der Waals surface area contributed by atoms with E-state index < -0.39 is 0 Å². The molecule has 1 aromatic rings. The highest BCUT2D eigenvalue weighted by atomic mass is 35.5. The van der Waals surface area contributed by atoms with Gasteiger partial charge < -0.3 is 0 Å². The van der Waals surface area contributed by atoms with Gasteiger partial charge in [0.1, 0.15) is 0 Å². The first-order valence-corrected chi connectivity index (χ1v) is 4.55. The van der Waals surface area contributed by atoms with Gasteiger partial charge in [-0.25, -0.2) is 0 Å². The van der Waals surface area contributed by atoms with Crippen LogP contribution in [0.2, 0.25) is 10.0 Å². The minimum Gasteiger partial charge on any atom is -0.0985 e. The number of halogens is 2. The van der Waals surface area contributed by atoms with Gasteiger partial charge in [0, 0.05) is 0 Å². The van der Waals surface area contributed by atoms with Crippen LogP contribution >= 0.6 is 23.2 Å². The van der Waals surface area contributed by atoms with Crippen molar-refractivity contribution in [1.29, 1.82) is 0 Å². The number of benzene rings is 1. The Hall–Kier alpha value is -0.460. The molecule has 0 saturated heterocycles. The third-order valence-corrected chi connectivity index (χ3v) is 2.51. The minimum atomic E-state index is 0.587. The fourth-order valence-corrected chi connectivity index (χ4v) is 1.46. The van der Waals surface area contributed by atoms with E-state index in [0.29, 0.717) is 10.0 Å². The van der Waals surface area contributed by atoms with E-state index in [4.69, 9.17) is 23.2 Å². The molecule has 0 saturated carbocycles. The lowest BCUT2D eigenvalue weighted by atomic mass is 10.1. The first-order valence-electron chi connectivity index (χ1n) is 3.79. The van der Waals surface area contributed by atoms with Crippen LogP contribution in [0.25, 0.3) is 6.08 Å². The zero-order valence-corrected chi connectivity index (χ0v) is 8.41. The van der Waals surface area contributed by atoms with Crippen molar-refractivity contribution in [2.45, 2.75) is 13.3 Å².